The molecule has 1 aromatic carbocycles. The van der Waals surface area contributed by atoms with E-state index in [0.717, 1.165) is 28.5 Å². The zero-order valence-electron chi connectivity index (χ0n) is 11.3. The van der Waals surface area contributed by atoms with E-state index in [2.05, 4.69) is 29.5 Å². The van der Waals surface area contributed by atoms with Crippen LogP contribution in [0.3, 0.4) is 0 Å². The highest BCUT2D eigenvalue weighted by Crippen LogP contribution is 2.26. The van der Waals surface area contributed by atoms with Gasteiger partial charge >= 0.3 is 0 Å². The van der Waals surface area contributed by atoms with Crippen molar-refractivity contribution in [2.45, 2.75) is 32.2 Å². The van der Waals surface area contributed by atoms with Gasteiger partial charge < -0.3 is 10.6 Å². The van der Waals surface area contributed by atoms with E-state index in [0.29, 0.717) is 12.5 Å². The molecule has 104 valence electrons. The summed E-state index contributed by atoms with van der Waals surface area (Å²) in [4.78, 5) is 14.6. The van der Waals surface area contributed by atoms with Gasteiger partial charge in [0.2, 0.25) is 0 Å². The number of hydrogen-bond acceptors (Lipinski definition) is 2. The van der Waals surface area contributed by atoms with Crippen LogP contribution >= 0.6 is 22.6 Å². The molecule has 0 aromatic heterocycles. The van der Waals surface area contributed by atoms with Gasteiger partial charge in [0.05, 0.1) is 0 Å². The van der Waals surface area contributed by atoms with Crippen molar-refractivity contribution in [2.24, 2.45) is 11.7 Å². The summed E-state index contributed by atoms with van der Waals surface area (Å²) in [6, 6.07) is 7.97. The van der Waals surface area contributed by atoms with Gasteiger partial charge in [-0.1, -0.05) is 19.4 Å². The lowest BCUT2D eigenvalue weighted by Gasteiger charge is -2.39. The molecule has 0 saturated carbocycles. The molecule has 2 atom stereocenters. The van der Waals surface area contributed by atoms with Gasteiger partial charge in [0.1, 0.15) is 0 Å². The fourth-order valence-corrected chi connectivity index (χ4v) is 3.33. The van der Waals surface area contributed by atoms with E-state index in [1.54, 1.807) is 0 Å². The Bertz CT molecular complexity index is 450. The summed E-state index contributed by atoms with van der Waals surface area (Å²) in [5.74, 6) is 0.844. The summed E-state index contributed by atoms with van der Waals surface area (Å²) < 4.78 is 1.09. The average Bonchev–Trinajstić information content (AvgIpc) is 2.45. The minimum absolute atomic E-state index is 0.128. The number of carbonyl (C=O) groups is 1. The van der Waals surface area contributed by atoms with Crippen molar-refractivity contribution in [1.29, 1.82) is 0 Å². The van der Waals surface area contributed by atoms with Crippen molar-refractivity contribution < 1.29 is 4.79 Å². The maximum atomic E-state index is 12.6. The Morgan fingerprint density at radius 1 is 1.53 bits per heavy atom. The van der Waals surface area contributed by atoms with Crippen LogP contribution in [0.5, 0.6) is 0 Å². The summed E-state index contributed by atoms with van der Waals surface area (Å²) in [6.45, 7) is 3.62. The number of hydrogen-bond donors (Lipinski definition) is 1. The van der Waals surface area contributed by atoms with Gasteiger partial charge in [-0.3, -0.25) is 4.79 Å². The Kier molecular flexibility index (Phi) is 5.21. The molecule has 1 fully saturated rings. The first kappa shape index (κ1) is 14.8. The van der Waals surface area contributed by atoms with Gasteiger partial charge in [-0.15, -0.1) is 0 Å². The zero-order chi connectivity index (χ0) is 13.8. The third kappa shape index (κ3) is 3.48. The summed E-state index contributed by atoms with van der Waals surface area (Å²) in [5, 5.41) is 0. The zero-order valence-corrected chi connectivity index (χ0v) is 13.5. The van der Waals surface area contributed by atoms with Crippen molar-refractivity contribution in [1.82, 2.24) is 4.90 Å². The lowest BCUT2D eigenvalue weighted by Crippen LogP contribution is -2.49. The quantitative estimate of drug-likeness (QED) is 0.830. The molecular formula is C15H21IN2O. The van der Waals surface area contributed by atoms with Crippen molar-refractivity contribution in [3.63, 3.8) is 0 Å². The third-order valence-corrected chi connectivity index (χ3v) is 4.68. The van der Waals surface area contributed by atoms with Gasteiger partial charge in [-0.2, -0.15) is 0 Å². The molecule has 1 heterocycles. The largest absolute Gasteiger partial charge is 0.334 e. The molecule has 1 aromatic rings. The second-order valence-corrected chi connectivity index (χ2v) is 6.44. The Hall–Kier alpha value is -0.620. The smallest absolute Gasteiger partial charge is 0.254 e. The van der Waals surface area contributed by atoms with Gasteiger partial charge in [0.15, 0.2) is 0 Å². The van der Waals surface area contributed by atoms with Crippen LogP contribution in [-0.4, -0.2) is 29.9 Å². The van der Waals surface area contributed by atoms with E-state index in [-0.39, 0.29) is 11.9 Å². The van der Waals surface area contributed by atoms with Gasteiger partial charge in [-0.05, 0) is 59.5 Å². The normalized spacial score (nSPS) is 23.4. The van der Waals surface area contributed by atoms with Gasteiger partial charge in [0, 0.05) is 28.3 Å². The van der Waals surface area contributed by atoms with E-state index in [9.17, 15) is 4.79 Å². The number of nitrogens with zero attached hydrogens (tertiary/aromatic N) is 1. The molecule has 1 aliphatic rings. The molecule has 0 bridgehead atoms. The molecule has 2 rings (SSSR count). The Balaban J connectivity index is 2.14. The van der Waals surface area contributed by atoms with Crippen molar-refractivity contribution >= 4 is 28.5 Å². The van der Waals surface area contributed by atoms with Crippen LogP contribution in [0.4, 0.5) is 0 Å². The van der Waals surface area contributed by atoms with Crippen molar-refractivity contribution in [2.75, 3.05) is 13.1 Å². The van der Waals surface area contributed by atoms with Crippen LogP contribution in [0.15, 0.2) is 24.3 Å². The van der Waals surface area contributed by atoms with Crippen LogP contribution in [-0.2, 0) is 0 Å². The molecular weight excluding hydrogens is 351 g/mol. The number of likely N-dealkylation sites (tertiary alicyclic amines) is 1. The molecule has 1 aliphatic heterocycles. The number of carbonyl (C=O) groups excluding carboxylic acids is 1. The number of benzene rings is 1. The standard InChI is InChI=1S/C15H21IN2O/c1-2-11-6-7-18(14(8-11)10-17)15(19)12-4-3-5-13(16)9-12/h3-5,9,11,14H,2,6-8,10,17H2,1H3. The Morgan fingerprint density at radius 2 is 2.32 bits per heavy atom. The maximum absolute atomic E-state index is 12.6. The molecule has 0 spiro atoms. The fourth-order valence-electron chi connectivity index (χ4n) is 2.78. The first-order chi connectivity index (χ1) is 9.15. The average molecular weight is 372 g/mol. The molecule has 1 amide bonds. The molecule has 4 heteroatoms. The highest BCUT2D eigenvalue weighted by Gasteiger charge is 2.30. The predicted molar refractivity (Wildman–Crippen MR) is 86.1 cm³/mol. The van der Waals surface area contributed by atoms with Crippen LogP contribution in [0, 0.1) is 9.49 Å². The minimum atomic E-state index is 0.128. The summed E-state index contributed by atoms with van der Waals surface area (Å²) in [7, 11) is 0. The molecule has 0 radical (unpaired) electrons. The van der Waals surface area contributed by atoms with Gasteiger partial charge in [-0.25, -0.2) is 0 Å². The molecule has 2 N–H and O–H groups in total. The van der Waals surface area contributed by atoms with Crippen LogP contribution in [0.1, 0.15) is 36.5 Å². The third-order valence-electron chi connectivity index (χ3n) is 4.01. The predicted octanol–water partition coefficient (Wildman–Crippen LogP) is 2.88. The highest BCUT2D eigenvalue weighted by molar-refractivity contribution is 14.1. The number of rotatable bonds is 3. The molecule has 19 heavy (non-hydrogen) atoms. The fraction of sp³-hybridized carbons (Fsp3) is 0.533. The SMILES string of the molecule is CCC1CCN(C(=O)c2cccc(I)c2)C(CN)C1. The number of nitrogens with two attached hydrogens (primary N) is 1. The summed E-state index contributed by atoms with van der Waals surface area (Å²) in [5.41, 5.74) is 6.64. The van der Waals surface area contributed by atoms with Crippen molar-refractivity contribution in [3.05, 3.63) is 33.4 Å². The van der Waals surface area contributed by atoms with E-state index in [4.69, 9.17) is 5.73 Å². The minimum Gasteiger partial charge on any atom is -0.334 e. The topological polar surface area (TPSA) is 46.3 Å². The highest BCUT2D eigenvalue weighted by atomic mass is 127. The second kappa shape index (κ2) is 6.70. The lowest BCUT2D eigenvalue weighted by molar-refractivity contribution is 0.0558. The van der Waals surface area contributed by atoms with Crippen LogP contribution in [0.25, 0.3) is 0 Å². The van der Waals surface area contributed by atoms with E-state index >= 15 is 0 Å². The molecule has 3 nitrogen and oxygen atoms in total. The van der Waals surface area contributed by atoms with Crippen molar-refractivity contribution in [3.8, 4) is 0 Å². The number of piperidine rings is 1. The number of amides is 1. The first-order valence-corrected chi connectivity index (χ1v) is 8.00. The Labute approximate surface area is 128 Å². The molecule has 1 saturated heterocycles. The van der Waals surface area contributed by atoms with E-state index in [1.165, 1.54) is 6.42 Å². The maximum Gasteiger partial charge on any atom is 0.254 e. The summed E-state index contributed by atoms with van der Waals surface area (Å²) >= 11 is 2.24. The van der Waals surface area contributed by atoms with E-state index in [1.807, 2.05) is 29.2 Å². The molecule has 0 aliphatic carbocycles. The van der Waals surface area contributed by atoms with Crippen LogP contribution in [0.2, 0.25) is 0 Å². The van der Waals surface area contributed by atoms with Crippen LogP contribution < -0.4 is 5.73 Å². The number of halogens is 1. The summed E-state index contributed by atoms with van der Waals surface area (Å²) in [6.07, 6.45) is 3.33. The first-order valence-electron chi connectivity index (χ1n) is 6.92. The Morgan fingerprint density at radius 3 is 2.95 bits per heavy atom. The second-order valence-electron chi connectivity index (χ2n) is 5.20. The van der Waals surface area contributed by atoms with Gasteiger partial charge in [0.25, 0.3) is 5.91 Å². The monoisotopic (exact) mass is 372 g/mol. The van der Waals surface area contributed by atoms with E-state index < -0.39 is 0 Å². The molecule has 2 unspecified atom stereocenters. The lowest BCUT2D eigenvalue weighted by atomic mass is 9.88.